The molecule has 2 saturated heterocycles. The molecule has 9 atom stereocenters. The highest BCUT2D eigenvalue weighted by molar-refractivity contribution is 6.35. The molecule has 2 aromatic rings. The van der Waals surface area contributed by atoms with Gasteiger partial charge in [-0.3, -0.25) is 4.79 Å². The molecule has 0 unspecified atom stereocenters. The van der Waals surface area contributed by atoms with E-state index in [0.29, 0.717) is 21.4 Å². The molecule has 0 bridgehead atoms. The molecule has 45 heavy (non-hydrogen) atoms. The first kappa shape index (κ1) is 33.5. The normalized spacial score (nSPS) is 31.9. The van der Waals surface area contributed by atoms with Crippen molar-refractivity contribution >= 4 is 35.2 Å². The summed E-state index contributed by atoms with van der Waals surface area (Å²) in [5.74, 6) is -0.236. The van der Waals surface area contributed by atoms with Crippen LogP contribution in [0.4, 0.5) is 0 Å². The predicted molar refractivity (Wildman–Crippen MR) is 162 cm³/mol. The second-order valence-corrected chi connectivity index (χ2v) is 12.0. The second-order valence-electron chi connectivity index (χ2n) is 11.1. The molecule has 0 spiro atoms. The van der Waals surface area contributed by atoms with Crippen molar-refractivity contribution in [1.82, 2.24) is 5.32 Å². The smallest absolute Gasteiger partial charge is 0.247 e. The lowest BCUT2D eigenvalue weighted by molar-refractivity contribution is -0.155. The molecule has 0 radical (unpaired) electrons. The highest BCUT2D eigenvalue weighted by Gasteiger charge is 2.53. The van der Waals surface area contributed by atoms with Gasteiger partial charge in [-0.25, -0.2) is 0 Å². The van der Waals surface area contributed by atoms with E-state index < -0.39 is 61.0 Å². The number of benzene rings is 2. The molecule has 12 nitrogen and oxygen atoms in total. The molecular weight excluding hydrogens is 633 g/mol. The molecule has 0 aromatic heterocycles. The minimum absolute atomic E-state index is 0.116. The van der Waals surface area contributed by atoms with Gasteiger partial charge in [-0.2, -0.15) is 0 Å². The Labute approximate surface area is 269 Å². The number of halogens is 2. The van der Waals surface area contributed by atoms with Crippen LogP contribution < -0.4 is 14.8 Å². The van der Waals surface area contributed by atoms with Crippen LogP contribution in [-0.2, 0) is 19.0 Å². The number of rotatable bonds is 9. The Morgan fingerprint density at radius 1 is 1.00 bits per heavy atom. The third kappa shape index (κ3) is 7.57. The van der Waals surface area contributed by atoms with Crippen LogP contribution in [0.15, 0.2) is 53.6 Å². The number of aliphatic hydroxyl groups excluding tert-OH is 4. The van der Waals surface area contributed by atoms with Gasteiger partial charge < -0.3 is 54.5 Å². The average molecular weight is 669 g/mol. The largest absolute Gasteiger partial charge is 0.504 e. The zero-order chi connectivity index (χ0) is 32.4. The lowest BCUT2D eigenvalue weighted by Gasteiger charge is -2.41. The van der Waals surface area contributed by atoms with Crippen LogP contribution in [0.5, 0.6) is 17.2 Å². The monoisotopic (exact) mass is 667 g/mol. The van der Waals surface area contributed by atoms with Crippen LogP contribution in [0.25, 0.3) is 6.08 Å². The zero-order valence-corrected chi connectivity index (χ0v) is 25.9. The van der Waals surface area contributed by atoms with Crippen molar-refractivity contribution in [3.8, 4) is 17.2 Å². The zero-order valence-electron chi connectivity index (χ0n) is 24.4. The summed E-state index contributed by atoms with van der Waals surface area (Å²) in [5.41, 5.74) is 1.40. The molecule has 14 heteroatoms. The Morgan fingerprint density at radius 2 is 1.71 bits per heavy atom. The SMILES string of the molecule is CC(=Cc1ccc(O[C@H]2C[C@H](O)[C@@H](C(C)=CCOc3ccc(Cl)cc3Cl)O2)c(O)c1)C(=O)N[C@@H]1[C@H](O)[C@@H](O)[C@H]2OCO[C@H]2[C@@H]1O. The van der Waals surface area contributed by atoms with Gasteiger partial charge in [-0.1, -0.05) is 29.3 Å². The summed E-state index contributed by atoms with van der Waals surface area (Å²) in [6, 6.07) is 8.23. The van der Waals surface area contributed by atoms with Gasteiger partial charge in [0, 0.05) is 17.0 Å². The number of phenols is 1. The summed E-state index contributed by atoms with van der Waals surface area (Å²) in [6.45, 7) is 3.37. The summed E-state index contributed by atoms with van der Waals surface area (Å²) in [7, 11) is 0. The highest BCUT2D eigenvalue weighted by Crippen LogP contribution is 2.34. The number of carbonyl (C=O) groups is 1. The lowest BCUT2D eigenvalue weighted by atomic mass is 9.83. The lowest BCUT2D eigenvalue weighted by Crippen LogP contribution is -2.67. The van der Waals surface area contributed by atoms with Gasteiger partial charge in [0.1, 0.15) is 55.8 Å². The van der Waals surface area contributed by atoms with Gasteiger partial charge in [0.05, 0.1) is 17.2 Å². The Morgan fingerprint density at radius 3 is 2.42 bits per heavy atom. The van der Waals surface area contributed by atoms with Crippen molar-refractivity contribution in [2.75, 3.05) is 13.4 Å². The maximum absolute atomic E-state index is 12.9. The van der Waals surface area contributed by atoms with Crippen LogP contribution in [0.3, 0.4) is 0 Å². The number of aromatic hydroxyl groups is 1. The quantitative estimate of drug-likeness (QED) is 0.171. The number of hydrogen-bond acceptors (Lipinski definition) is 11. The molecule has 1 aliphatic carbocycles. The average Bonchev–Trinajstić information content (AvgIpc) is 3.63. The van der Waals surface area contributed by atoms with E-state index in [2.05, 4.69) is 5.32 Å². The minimum atomic E-state index is -1.47. The summed E-state index contributed by atoms with van der Waals surface area (Å²) < 4.78 is 27.9. The van der Waals surface area contributed by atoms with Gasteiger partial charge in [-0.05, 0) is 67.5 Å². The second kappa shape index (κ2) is 14.2. The molecular formula is C31H35Cl2NO11. The molecule has 6 N–H and O–H groups in total. The maximum Gasteiger partial charge on any atom is 0.247 e. The summed E-state index contributed by atoms with van der Waals surface area (Å²) in [4.78, 5) is 12.9. The number of ether oxygens (including phenoxy) is 5. The van der Waals surface area contributed by atoms with E-state index in [1.54, 1.807) is 37.3 Å². The van der Waals surface area contributed by atoms with Gasteiger partial charge in [0.2, 0.25) is 12.2 Å². The summed E-state index contributed by atoms with van der Waals surface area (Å²) >= 11 is 12.0. The van der Waals surface area contributed by atoms with E-state index >= 15 is 0 Å². The molecule has 1 amide bonds. The topological polar surface area (TPSA) is 176 Å². The molecule has 2 heterocycles. The van der Waals surface area contributed by atoms with Crippen molar-refractivity contribution in [1.29, 1.82) is 0 Å². The van der Waals surface area contributed by atoms with E-state index in [-0.39, 0.29) is 36.9 Å². The van der Waals surface area contributed by atoms with E-state index in [1.165, 1.54) is 25.1 Å². The minimum Gasteiger partial charge on any atom is -0.504 e. The number of carbonyl (C=O) groups excluding carboxylic acids is 1. The first-order valence-corrected chi connectivity index (χ1v) is 15.0. The van der Waals surface area contributed by atoms with Crippen molar-refractivity contribution in [2.24, 2.45) is 0 Å². The first-order valence-electron chi connectivity index (χ1n) is 14.3. The first-order chi connectivity index (χ1) is 21.4. The van der Waals surface area contributed by atoms with Crippen molar-refractivity contribution in [2.45, 2.75) is 75.3 Å². The third-order valence-corrected chi connectivity index (χ3v) is 8.48. The number of nitrogens with one attached hydrogen (secondary N) is 1. The van der Waals surface area contributed by atoms with E-state index in [1.807, 2.05) is 0 Å². The third-order valence-electron chi connectivity index (χ3n) is 7.95. The molecule has 2 aromatic carbocycles. The molecule has 1 saturated carbocycles. The van der Waals surface area contributed by atoms with Gasteiger partial charge in [0.25, 0.3) is 0 Å². The fraction of sp³-hybridized carbons (Fsp3) is 0.452. The van der Waals surface area contributed by atoms with Gasteiger partial charge in [-0.15, -0.1) is 0 Å². The fourth-order valence-corrected chi connectivity index (χ4v) is 5.95. The molecule has 2 aliphatic heterocycles. The summed E-state index contributed by atoms with van der Waals surface area (Å²) in [5, 5.41) is 56.0. The Balaban J connectivity index is 1.15. The van der Waals surface area contributed by atoms with Gasteiger partial charge >= 0.3 is 0 Å². The molecule has 3 fully saturated rings. The van der Waals surface area contributed by atoms with E-state index in [9.17, 15) is 30.3 Å². The number of hydrogen-bond donors (Lipinski definition) is 6. The Kier molecular flexibility index (Phi) is 10.6. The van der Waals surface area contributed by atoms with Crippen LogP contribution in [0, 0.1) is 0 Å². The van der Waals surface area contributed by atoms with Crippen LogP contribution in [0.1, 0.15) is 25.8 Å². The number of phenolic OH excluding ortho intramolecular Hbond substituents is 1. The Hall–Kier alpha value is -2.91. The van der Waals surface area contributed by atoms with Crippen LogP contribution in [-0.4, -0.2) is 99.9 Å². The van der Waals surface area contributed by atoms with Crippen LogP contribution in [0.2, 0.25) is 10.0 Å². The van der Waals surface area contributed by atoms with E-state index in [4.69, 9.17) is 46.9 Å². The molecule has 244 valence electrons. The predicted octanol–water partition coefficient (Wildman–Crippen LogP) is 2.30. The van der Waals surface area contributed by atoms with E-state index in [0.717, 1.165) is 5.57 Å². The molecule has 5 rings (SSSR count). The highest BCUT2D eigenvalue weighted by atomic mass is 35.5. The van der Waals surface area contributed by atoms with Crippen molar-refractivity contribution in [3.05, 3.63) is 69.2 Å². The van der Waals surface area contributed by atoms with Crippen LogP contribution >= 0.6 is 23.2 Å². The number of aliphatic hydroxyl groups is 4. The van der Waals surface area contributed by atoms with Crippen molar-refractivity contribution < 1.29 is 54.0 Å². The van der Waals surface area contributed by atoms with Crippen molar-refractivity contribution in [3.63, 3.8) is 0 Å². The maximum atomic E-state index is 12.9. The molecule has 3 aliphatic rings. The summed E-state index contributed by atoms with van der Waals surface area (Å²) in [6.07, 6.45) is -4.83. The van der Waals surface area contributed by atoms with Gasteiger partial charge in [0.15, 0.2) is 11.5 Å². The number of amides is 1. The Bertz CT molecular complexity index is 1450. The standard InChI is InChI=1S/C31H35Cl2NO11/c1-14(7-8-41-21-6-4-17(32)11-18(21)33)28-20(36)12-23(45-28)44-22-5-3-16(10-19(22)35)9-15(2)31(40)34-24-25(37)27(39)30-29(26(24)38)42-13-43-30/h3-7,9-11,20,23-30,35-39H,8,12-13H2,1-2H3,(H,34,40)/t20-,23+,24+,25-,26+,27+,28+,29-,30+/m0/s1. The number of fused-ring (bicyclic) bond motifs is 1. The fourth-order valence-electron chi connectivity index (χ4n) is 5.49.